The Morgan fingerprint density at radius 3 is 2.48 bits per heavy atom. The highest BCUT2D eigenvalue weighted by atomic mass is 16.5. The van der Waals surface area contributed by atoms with Gasteiger partial charge in [-0.1, -0.05) is 12.1 Å². The fraction of sp³-hybridized carbons (Fsp3) is 0.348. The largest absolute Gasteiger partial charge is 0.493 e. The molecule has 8 nitrogen and oxygen atoms in total. The number of benzene rings is 1. The molecule has 0 aliphatic carbocycles. The van der Waals surface area contributed by atoms with Crippen LogP contribution in [0, 0.1) is 13.8 Å². The Morgan fingerprint density at radius 1 is 1.00 bits per heavy atom. The number of aryl methyl sites for hydroxylation is 2. The topological polar surface area (TPSA) is 80.8 Å². The normalized spacial score (nSPS) is 14.0. The van der Waals surface area contributed by atoms with Crippen molar-refractivity contribution in [2.24, 2.45) is 10.1 Å². The Morgan fingerprint density at radius 2 is 1.77 bits per heavy atom. The molecule has 160 valence electrons. The zero-order valence-corrected chi connectivity index (χ0v) is 18.6. The molecule has 3 heterocycles. The lowest BCUT2D eigenvalue weighted by atomic mass is 10.0. The van der Waals surface area contributed by atoms with Gasteiger partial charge in [-0.05, 0) is 58.9 Å². The van der Waals surface area contributed by atoms with Crippen LogP contribution in [0.5, 0.6) is 5.75 Å². The average molecular weight is 418 g/mol. The summed E-state index contributed by atoms with van der Waals surface area (Å²) in [4.78, 5) is 18.0. The van der Waals surface area contributed by atoms with Crippen LogP contribution in [0.4, 0.5) is 11.5 Å². The maximum absolute atomic E-state index is 5.83. The number of pyridine rings is 1. The molecule has 1 aliphatic rings. The van der Waals surface area contributed by atoms with Crippen molar-refractivity contribution >= 4 is 22.9 Å². The smallest absolute Gasteiger partial charge is 0.204 e. The minimum absolute atomic E-state index is 0.564. The van der Waals surface area contributed by atoms with Crippen LogP contribution >= 0.6 is 0 Å². The number of ether oxygens (including phenoxy) is 1. The number of hydrogen-bond donors (Lipinski definition) is 0. The van der Waals surface area contributed by atoms with Gasteiger partial charge in [0, 0.05) is 18.7 Å². The predicted octanol–water partition coefficient (Wildman–Crippen LogP) is 3.92. The van der Waals surface area contributed by atoms with Gasteiger partial charge in [0.05, 0.1) is 18.0 Å². The van der Waals surface area contributed by atoms with Gasteiger partial charge in [-0.15, -0.1) is 15.0 Å². The third-order valence-electron chi connectivity index (χ3n) is 5.13. The van der Waals surface area contributed by atoms with Gasteiger partial charge < -0.3 is 9.64 Å². The Labute approximate surface area is 182 Å². The maximum atomic E-state index is 5.83. The lowest BCUT2D eigenvalue weighted by molar-refractivity contribution is 0.339. The lowest BCUT2D eigenvalue weighted by Crippen LogP contribution is -2.23. The van der Waals surface area contributed by atoms with Crippen molar-refractivity contribution in [3.63, 3.8) is 0 Å². The first-order valence-electron chi connectivity index (χ1n) is 10.6. The number of fused-ring (bicyclic) bond motifs is 1. The number of aromatic nitrogens is 4. The molecule has 0 radical (unpaired) electrons. The molecule has 2 aromatic heterocycles. The van der Waals surface area contributed by atoms with Crippen molar-refractivity contribution in [2.75, 3.05) is 24.6 Å². The Hall–Kier alpha value is -3.55. The summed E-state index contributed by atoms with van der Waals surface area (Å²) in [7, 11) is 0. The van der Waals surface area contributed by atoms with E-state index >= 15 is 0 Å². The second kappa shape index (κ2) is 8.67. The van der Waals surface area contributed by atoms with Crippen molar-refractivity contribution in [3.8, 4) is 5.75 Å². The molecule has 0 amide bonds. The third kappa shape index (κ3) is 3.93. The van der Waals surface area contributed by atoms with E-state index in [9.17, 15) is 0 Å². The van der Waals surface area contributed by atoms with Crippen LogP contribution in [0.1, 0.15) is 43.7 Å². The molecule has 0 bridgehead atoms. The van der Waals surface area contributed by atoms with Crippen LogP contribution in [-0.4, -0.2) is 51.0 Å². The quantitative estimate of drug-likeness (QED) is 0.582. The van der Waals surface area contributed by atoms with Crippen molar-refractivity contribution < 1.29 is 4.74 Å². The number of anilines is 1. The molecule has 0 saturated carbocycles. The first-order chi connectivity index (χ1) is 15.0. The van der Waals surface area contributed by atoms with Gasteiger partial charge in [-0.3, -0.25) is 0 Å². The molecule has 8 heteroatoms. The molecule has 0 atom stereocenters. The SMILES string of the molecule is CCOc1ccccc1C1=Nn2nc(C)nc2/C1=N\c1ccc(N(CC)CC)nc1C. The predicted molar refractivity (Wildman–Crippen MR) is 123 cm³/mol. The van der Waals surface area contributed by atoms with E-state index in [-0.39, 0.29) is 0 Å². The van der Waals surface area contributed by atoms with E-state index in [1.54, 1.807) is 4.79 Å². The molecule has 1 aromatic carbocycles. The summed E-state index contributed by atoms with van der Waals surface area (Å²) in [5.41, 5.74) is 3.84. The molecule has 1 aliphatic heterocycles. The summed E-state index contributed by atoms with van der Waals surface area (Å²) in [6, 6.07) is 11.8. The highest BCUT2D eigenvalue weighted by Crippen LogP contribution is 2.28. The molecule has 31 heavy (non-hydrogen) atoms. The van der Waals surface area contributed by atoms with Crippen molar-refractivity contribution in [1.29, 1.82) is 0 Å². The molecule has 0 fully saturated rings. The number of rotatable bonds is 7. The van der Waals surface area contributed by atoms with Crippen LogP contribution < -0.4 is 9.64 Å². The number of hydrogen-bond acceptors (Lipinski definition) is 7. The summed E-state index contributed by atoms with van der Waals surface area (Å²) in [6.45, 7) is 12.4. The van der Waals surface area contributed by atoms with Crippen LogP contribution in [0.25, 0.3) is 0 Å². The van der Waals surface area contributed by atoms with Crippen molar-refractivity contribution in [3.05, 3.63) is 59.3 Å². The monoisotopic (exact) mass is 417 g/mol. The minimum Gasteiger partial charge on any atom is -0.493 e. The molecular formula is C23H27N7O. The summed E-state index contributed by atoms with van der Waals surface area (Å²) in [5, 5.41) is 9.08. The number of para-hydroxylation sites is 1. The van der Waals surface area contributed by atoms with E-state index in [0.29, 0.717) is 29.7 Å². The second-order valence-corrected chi connectivity index (χ2v) is 7.16. The molecular weight excluding hydrogens is 390 g/mol. The van der Waals surface area contributed by atoms with Crippen molar-refractivity contribution in [2.45, 2.75) is 34.6 Å². The Bertz CT molecular complexity index is 1160. The van der Waals surface area contributed by atoms with Crippen molar-refractivity contribution in [1.82, 2.24) is 19.9 Å². The molecule has 0 spiro atoms. The van der Waals surface area contributed by atoms with Gasteiger partial charge in [0.25, 0.3) is 0 Å². The first-order valence-corrected chi connectivity index (χ1v) is 10.6. The molecule has 4 rings (SSSR count). The molecule has 3 aromatic rings. The highest BCUT2D eigenvalue weighted by Gasteiger charge is 2.30. The van der Waals surface area contributed by atoms with E-state index < -0.39 is 0 Å². The van der Waals surface area contributed by atoms with Gasteiger partial charge in [0.1, 0.15) is 23.0 Å². The van der Waals surface area contributed by atoms with Crippen LogP contribution in [0.15, 0.2) is 46.5 Å². The van der Waals surface area contributed by atoms with Gasteiger partial charge >= 0.3 is 0 Å². The fourth-order valence-corrected chi connectivity index (χ4v) is 3.60. The van der Waals surface area contributed by atoms with E-state index in [1.807, 2.05) is 57.2 Å². The standard InChI is InChI=1S/C23H27N7O/c1-6-29(7-2)20-14-13-18(15(4)24-20)26-22-21(28-30-23(22)25-16(5)27-30)17-11-9-10-12-19(17)31-8-3/h9-14H,6-8H2,1-5H3/b26-22-. The minimum atomic E-state index is 0.564. The van der Waals surface area contributed by atoms with E-state index in [4.69, 9.17) is 14.7 Å². The summed E-state index contributed by atoms with van der Waals surface area (Å²) in [6.07, 6.45) is 0. The van der Waals surface area contributed by atoms with Crippen LogP contribution in [-0.2, 0) is 0 Å². The van der Waals surface area contributed by atoms with E-state index in [2.05, 4.69) is 33.9 Å². The zero-order chi connectivity index (χ0) is 22.0. The Balaban J connectivity index is 1.82. The third-order valence-corrected chi connectivity index (χ3v) is 5.13. The van der Waals surface area contributed by atoms with E-state index in [1.165, 1.54) is 0 Å². The van der Waals surface area contributed by atoms with Crippen LogP contribution in [0.2, 0.25) is 0 Å². The molecule has 0 unspecified atom stereocenters. The van der Waals surface area contributed by atoms with Gasteiger partial charge in [-0.25, -0.2) is 15.0 Å². The number of aliphatic imine (C=N–C) groups is 1. The highest BCUT2D eigenvalue weighted by molar-refractivity contribution is 6.54. The maximum Gasteiger partial charge on any atom is 0.204 e. The average Bonchev–Trinajstić information content (AvgIpc) is 3.28. The molecule has 0 N–H and O–H groups in total. The van der Waals surface area contributed by atoms with E-state index in [0.717, 1.165) is 41.6 Å². The summed E-state index contributed by atoms with van der Waals surface area (Å²) < 4.78 is 5.83. The van der Waals surface area contributed by atoms with Crippen LogP contribution in [0.3, 0.4) is 0 Å². The first kappa shape index (κ1) is 20.7. The summed E-state index contributed by atoms with van der Waals surface area (Å²) in [5.74, 6) is 2.97. The van der Waals surface area contributed by atoms with Gasteiger partial charge in [-0.2, -0.15) is 0 Å². The van der Waals surface area contributed by atoms with Gasteiger partial charge in [0.15, 0.2) is 5.82 Å². The Kier molecular flexibility index (Phi) is 5.79. The zero-order valence-electron chi connectivity index (χ0n) is 18.6. The molecule has 0 saturated heterocycles. The fourth-order valence-electron chi connectivity index (χ4n) is 3.60. The second-order valence-electron chi connectivity index (χ2n) is 7.16. The number of nitrogens with zero attached hydrogens (tertiary/aromatic N) is 7. The van der Waals surface area contributed by atoms with Gasteiger partial charge in [0.2, 0.25) is 5.82 Å². The summed E-state index contributed by atoms with van der Waals surface area (Å²) >= 11 is 0. The lowest BCUT2D eigenvalue weighted by Gasteiger charge is -2.20.